The molecule has 5 heteroatoms. The van der Waals surface area contributed by atoms with E-state index >= 15 is 0 Å². The van der Waals surface area contributed by atoms with E-state index in [9.17, 15) is 0 Å². The lowest BCUT2D eigenvalue weighted by molar-refractivity contribution is 0.635. The summed E-state index contributed by atoms with van der Waals surface area (Å²) in [6.45, 7) is 4.44. The molecule has 0 saturated carbocycles. The van der Waals surface area contributed by atoms with Crippen molar-refractivity contribution in [3.63, 3.8) is 0 Å². The SMILES string of the molecule is CC[C@@H](C)CSc1nnnn1-c1ccccc1. The molecule has 1 aromatic carbocycles. The quantitative estimate of drug-likeness (QED) is 0.763. The molecule has 0 saturated heterocycles. The number of rotatable bonds is 5. The summed E-state index contributed by atoms with van der Waals surface area (Å²) in [7, 11) is 0. The third-order valence-electron chi connectivity index (χ3n) is 2.64. The second-order valence-corrected chi connectivity index (χ2v) is 5.02. The molecule has 2 rings (SSSR count). The zero-order chi connectivity index (χ0) is 12.1. The number of tetrazole rings is 1. The Bertz CT molecular complexity index is 455. The lowest BCUT2D eigenvalue weighted by Gasteiger charge is -2.07. The molecule has 0 aliphatic carbocycles. The highest BCUT2D eigenvalue weighted by molar-refractivity contribution is 7.99. The van der Waals surface area contributed by atoms with Crippen LogP contribution in [-0.2, 0) is 0 Å². The lowest BCUT2D eigenvalue weighted by Crippen LogP contribution is -2.01. The van der Waals surface area contributed by atoms with E-state index in [0.29, 0.717) is 5.92 Å². The minimum absolute atomic E-state index is 0.681. The molecule has 0 fully saturated rings. The Morgan fingerprint density at radius 1 is 1.29 bits per heavy atom. The second kappa shape index (κ2) is 5.82. The predicted octanol–water partition coefficient (Wildman–Crippen LogP) is 2.80. The molecule has 0 aliphatic rings. The van der Waals surface area contributed by atoms with Crippen LogP contribution in [0, 0.1) is 5.92 Å². The smallest absolute Gasteiger partial charge is 0.188 e. The van der Waals surface area contributed by atoms with E-state index in [1.54, 1.807) is 16.4 Å². The van der Waals surface area contributed by atoms with Crippen LogP contribution in [0.1, 0.15) is 20.3 Å². The largest absolute Gasteiger partial charge is 0.214 e. The first-order valence-corrected chi connectivity index (χ1v) is 6.76. The highest BCUT2D eigenvalue weighted by atomic mass is 32.2. The van der Waals surface area contributed by atoms with E-state index < -0.39 is 0 Å². The van der Waals surface area contributed by atoms with Crippen LogP contribution >= 0.6 is 11.8 Å². The van der Waals surface area contributed by atoms with Crippen molar-refractivity contribution in [1.82, 2.24) is 20.2 Å². The van der Waals surface area contributed by atoms with Crippen LogP contribution in [0.15, 0.2) is 35.5 Å². The summed E-state index contributed by atoms with van der Waals surface area (Å²) in [5.74, 6) is 1.73. The standard InChI is InChI=1S/C12H16N4S/c1-3-10(2)9-17-12-13-14-15-16(12)11-7-5-4-6-8-11/h4-8,10H,3,9H2,1-2H3/t10-/m1/s1. The Morgan fingerprint density at radius 3 is 2.76 bits per heavy atom. The van der Waals surface area contributed by atoms with E-state index in [1.165, 1.54) is 6.42 Å². The number of benzene rings is 1. The van der Waals surface area contributed by atoms with E-state index in [0.717, 1.165) is 16.6 Å². The Hall–Kier alpha value is -1.36. The molecule has 1 atom stereocenters. The second-order valence-electron chi connectivity index (χ2n) is 4.03. The van der Waals surface area contributed by atoms with E-state index in [2.05, 4.69) is 29.4 Å². The van der Waals surface area contributed by atoms with Crippen LogP contribution in [0.5, 0.6) is 0 Å². The van der Waals surface area contributed by atoms with Crippen molar-refractivity contribution in [2.75, 3.05) is 5.75 Å². The minimum atomic E-state index is 0.681. The van der Waals surface area contributed by atoms with Gasteiger partial charge in [-0.2, -0.15) is 4.68 Å². The first kappa shape index (κ1) is 12.1. The zero-order valence-electron chi connectivity index (χ0n) is 10.1. The van der Waals surface area contributed by atoms with E-state index in [4.69, 9.17) is 0 Å². The molecule has 0 radical (unpaired) electrons. The van der Waals surface area contributed by atoms with Gasteiger partial charge in [-0.05, 0) is 28.5 Å². The molecule has 1 heterocycles. The Kier molecular flexibility index (Phi) is 4.14. The van der Waals surface area contributed by atoms with Crippen LogP contribution in [0.4, 0.5) is 0 Å². The van der Waals surface area contributed by atoms with Gasteiger partial charge in [0.2, 0.25) is 5.16 Å². The summed E-state index contributed by atoms with van der Waals surface area (Å²) >= 11 is 1.71. The third kappa shape index (κ3) is 3.06. The molecule has 17 heavy (non-hydrogen) atoms. The maximum Gasteiger partial charge on any atom is 0.214 e. The lowest BCUT2D eigenvalue weighted by atomic mass is 10.2. The van der Waals surface area contributed by atoms with Gasteiger partial charge >= 0.3 is 0 Å². The van der Waals surface area contributed by atoms with Gasteiger partial charge in [-0.1, -0.05) is 50.2 Å². The summed E-state index contributed by atoms with van der Waals surface area (Å²) in [6.07, 6.45) is 1.18. The van der Waals surface area contributed by atoms with Gasteiger partial charge in [0.15, 0.2) is 0 Å². The average molecular weight is 248 g/mol. The molecular formula is C12H16N4S. The van der Waals surface area contributed by atoms with Crippen LogP contribution in [0.3, 0.4) is 0 Å². The van der Waals surface area contributed by atoms with Crippen LogP contribution < -0.4 is 0 Å². The number of hydrogen-bond acceptors (Lipinski definition) is 4. The number of thioether (sulfide) groups is 1. The molecule has 2 aromatic rings. The van der Waals surface area contributed by atoms with Crippen molar-refractivity contribution < 1.29 is 0 Å². The van der Waals surface area contributed by atoms with Gasteiger partial charge in [-0.15, -0.1) is 5.10 Å². The first-order chi connectivity index (χ1) is 8.31. The van der Waals surface area contributed by atoms with Crippen LogP contribution in [0.2, 0.25) is 0 Å². The third-order valence-corrected chi connectivity index (χ3v) is 3.88. The zero-order valence-corrected chi connectivity index (χ0v) is 10.9. The molecule has 90 valence electrons. The highest BCUT2D eigenvalue weighted by Crippen LogP contribution is 2.21. The van der Waals surface area contributed by atoms with Crippen molar-refractivity contribution in [3.8, 4) is 5.69 Å². The van der Waals surface area contributed by atoms with E-state index in [-0.39, 0.29) is 0 Å². The van der Waals surface area contributed by atoms with E-state index in [1.807, 2.05) is 30.3 Å². The molecule has 0 aliphatic heterocycles. The summed E-state index contributed by atoms with van der Waals surface area (Å²) in [5, 5.41) is 12.7. The summed E-state index contributed by atoms with van der Waals surface area (Å²) in [4.78, 5) is 0. The van der Waals surface area contributed by atoms with Crippen LogP contribution in [0.25, 0.3) is 5.69 Å². The average Bonchev–Trinajstić information content (AvgIpc) is 2.85. The van der Waals surface area contributed by atoms with Crippen molar-refractivity contribution in [3.05, 3.63) is 30.3 Å². The van der Waals surface area contributed by atoms with Crippen LogP contribution in [-0.4, -0.2) is 26.0 Å². The van der Waals surface area contributed by atoms with Gasteiger partial charge < -0.3 is 0 Å². The van der Waals surface area contributed by atoms with Gasteiger partial charge in [0.25, 0.3) is 0 Å². The summed E-state index contributed by atoms with van der Waals surface area (Å²) < 4.78 is 1.78. The highest BCUT2D eigenvalue weighted by Gasteiger charge is 2.09. The van der Waals surface area contributed by atoms with Gasteiger partial charge in [-0.25, -0.2) is 0 Å². The van der Waals surface area contributed by atoms with Crippen molar-refractivity contribution in [2.45, 2.75) is 25.4 Å². The fourth-order valence-corrected chi connectivity index (χ4v) is 2.36. The fourth-order valence-electron chi connectivity index (χ4n) is 1.33. The minimum Gasteiger partial charge on any atom is -0.188 e. The molecule has 0 N–H and O–H groups in total. The monoisotopic (exact) mass is 248 g/mol. The van der Waals surface area contributed by atoms with Crippen molar-refractivity contribution in [2.24, 2.45) is 5.92 Å². The topological polar surface area (TPSA) is 43.6 Å². The number of aromatic nitrogens is 4. The van der Waals surface area contributed by atoms with Gasteiger partial charge in [-0.3, -0.25) is 0 Å². The van der Waals surface area contributed by atoms with Gasteiger partial charge in [0.05, 0.1) is 5.69 Å². The molecule has 1 aromatic heterocycles. The predicted molar refractivity (Wildman–Crippen MR) is 69.3 cm³/mol. The van der Waals surface area contributed by atoms with Crippen molar-refractivity contribution >= 4 is 11.8 Å². The molecule has 0 unspecified atom stereocenters. The van der Waals surface area contributed by atoms with Gasteiger partial charge in [0.1, 0.15) is 0 Å². The Balaban J connectivity index is 2.12. The number of nitrogens with zero attached hydrogens (tertiary/aromatic N) is 4. The van der Waals surface area contributed by atoms with Crippen molar-refractivity contribution in [1.29, 1.82) is 0 Å². The normalized spacial score (nSPS) is 12.6. The maximum absolute atomic E-state index is 4.06. The first-order valence-electron chi connectivity index (χ1n) is 5.78. The molecule has 4 nitrogen and oxygen atoms in total. The van der Waals surface area contributed by atoms with Gasteiger partial charge in [0, 0.05) is 5.75 Å². The number of hydrogen-bond donors (Lipinski definition) is 0. The molecule has 0 amide bonds. The fraction of sp³-hybridized carbons (Fsp3) is 0.417. The Labute approximate surface area is 105 Å². The maximum atomic E-state index is 4.06. The summed E-state index contributed by atoms with van der Waals surface area (Å²) in [6, 6.07) is 9.97. The Morgan fingerprint density at radius 2 is 2.06 bits per heavy atom. The summed E-state index contributed by atoms with van der Waals surface area (Å²) in [5.41, 5.74) is 1.00. The molecule has 0 bridgehead atoms. The number of para-hydroxylation sites is 1. The molecule has 0 spiro atoms. The molecular weight excluding hydrogens is 232 g/mol.